The highest BCUT2D eigenvalue weighted by Gasteiger charge is 2.20. The molecule has 1 aromatic carbocycles. The molecule has 3 heterocycles. The monoisotopic (exact) mass is 448 g/mol. The molecule has 32 heavy (non-hydrogen) atoms. The molecule has 0 atom stereocenters. The summed E-state index contributed by atoms with van der Waals surface area (Å²) in [7, 11) is 0. The van der Waals surface area contributed by atoms with Crippen LogP contribution in [0.3, 0.4) is 0 Å². The lowest BCUT2D eigenvalue weighted by Gasteiger charge is -2.07. The van der Waals surface area contributed by atoms with Crippen molar-refractivity contribution >= 4 is 46.1 Å². The minimum Gasteiger partial charge on any atom is -0.368 e. The second-order valence-electron chi connectivity index (χ2n) is 7.62. The Labute approximate surface area is 189 Å². The van der Waals surface area contributed by atoms with E-state index in [1.807, 2.05) is 18.4 Å². The maximum atomic E-state index is 13.3. The maximum Gasteiger partial charge on any atom is 0.229 e. The van der Waals surface area contributed by atoms with Gasteiger partial charge in [0.05, 0.1) is 12.0 Å². The molecule has 0 fully saturated rings. The largest absolute Gasteiger partial charge is 0.368 e. The minimum absolute atomic E-state index is 0.0773. The van der Waals surface area contributed by atoms with E-state index in [1.54, 1.807) is 48.8 Å². The number of benzene rings is 1. The number of nitrogens with two attached hydrogens (primary N) is 1. The van der Waals surface area contributed by atoms with Crippen LogP contribution in [0.4, 0.5) is 11.8 Å². The number of pyridine rings is 1. The number of nitrogens with zero attached hydrogens (tertiary/aromatic N) is 4. The van der Waals surface area contributed by atoms with Crippen molar-refractivity contribution in [3.05, 3.63) is 76.7 Å². The molecular formula is C23H21ClN6O2. The summed E-state index contributed by atoms with van der Waals surface area (Å²) in [5.41, 5.74) is 8.01. The van der Waals surface area contributed by atoms with Crippen molar-refractivity contribution in [1.29, 1.82) is 0 Å². The summed E-state index contributed by atoms with van der Waals surface area (Å²) in [6.07, 6.45) is 4.96. The van der Waals surface area contributed by atoms with E-state index in [-0.39, 0.29) is 30.1 Å². The first kappa shape index (κ1) is 21.5. The zero-order chi connectivity index (χ0) is 22.8. The first-order chi connectivity index (χ1) is 15.3. The van der Waals surface area contributed by atoms with Crippen LogP contribution >= 0.6 is 11.6 Å². The summed E-state index contributed by atoms with van der Waals surface area (Å²) in [5, 5.41) is 3.96. The summed E-state index contributed by atoms with van der Waals surface area (Å²) in [6, 6.07) is 10.3. The van der Waals surface area contributed by atoms with Crippen LogP contribution in [0.5, 0.6) is 0 Å². The Morgan fingerprint density at radius 2 is 1.91 bits per heavy atom. The number of amides is 1. The van der Waals surface area contributed by atoms with E-state index < -0.39 is 0 Å². The van der Waals surface area contributed by atoms with Gasteiger partial charge in [-0.05, 0) is 43.7 Å². The van der Waals surface area contributed by atoms with Crippen molar-refractivity contribution in [2.24, 2.45) is 0 Å². The molecule has 9 heteroatoms. The number of anilines is 2. The molecular weight excluding hydrogens is 428 g/mol. The van der Waals surface area contributed by atoms with Gasteiger partial charge in [0.15, 0.2) is 5.78 Å². The minimum atomic E-state index is -0.246. The Morgan fingerprint density at radius 1 is 1.16 bits per heavy atom. The number of ketones is 1. The molecule has 0 saturated heterocycles. The number of aromatic nitrogens is 4. The van der Waals surface area contributed by atoms with E-state index >= 15 is 0 Å². The van der Waals surface area contributed by atoms with Crippen molar-refractivity contribution in [3.63, 3.8) is 0 Å². The molecule has 0 radical (unpaired) electrons. The van der Waals surface area contributed by atoms with E-state index in [0.29, 0.717) is 33.0 Å². The van der Waals surface area contributed by atoms with Crippen molar-refractivity contribution in [3.8, 4) is 0 Å². The summed E-state index contributed by atoms with van der Waals surface area (Å²) in [6.45, 7) is 3.99. The van der Waals surface area contributed by atoms with Gasteiger partial charge in [0.1, 0.15) is 11.5 Å². The molecule has 162 valence electrons. The fourth-order valence-corrected chi connectivity index (χ4v) is 3.51. The molecule has 8 nitrogen and oxygen atoms in total. The van der Waals surface area contributed by atoms with Crippen molar-refractivity contribution < 1.29 is 9.59 Å². The highest BCUT2D eigenvalue weighted by atomic mass is 35.5. The molecule has 0 bridgehead atoms. The number of nitrogen functional groups attached to an aromatic ring is 1. The number of carbonyl (C=O) groups excluding carboxylic acids is 2. The molecule has 4 aromatic rings. The van der Waals surface area contributed by atoms with Crippen LogP contribution in [0.15, 0.2) is 55.0 Å². The molecule has 0 saturated carbocycles. The van der Waals surface area contributed by atoms with E-state index in [2.05, 4.69) is 20.3 Å². The summed E-state index contributed by atoms with van der Waals surface area (Å²) in [4.78, 5) is 38.2. The number of rotatable bonds is 6. The molecule has 3 aromatic heterocycles. The fraction of sp³-hybridized carbons (Fsp3) is 0.174. The third-order valence-corrected chi connectivity index (χ3v) is 5.21. The van der Waals surface area contributed by atoms with Crippen molar-refractivity contribution in [2.45, 2.75) is 26.3 Å². The highest BCUT2D eigenvalue weighted by Crippen LogP contribution is 2.26. The zero-order valence-electron chi connectivity index (χ0n) is 17.5. The summed E-state index contributed by atoms with van der Waals surface area (Å²) >= 11 is 5.88. The van der Waals surface area contributed by atoms with Crippen LogP contribution in [0.1, 0.15) is 41.4 Å². The second-order valence-corrected chi connectivity index (χ2v) is 8.06. The van der Waals surface area contributed by atoms with Crippen LogP contribution in [0.25, 0.3) is 11.0 Å². The smallest absolute Gasteiger partial charge is 0.229 e. The first-order valence-electron chi connectivity index (χ1n) is 10.00. The van der Waals surface area contributed by atoms with Gasteiger partial charge < -0.3 is 15.6 Å². The Hall–Kier alpha value is -3.78. The molecule has 0 aliphatic carbocycles. The van der Waals surface area contributed by atoms with Gasteiger partial charge in [0.2, 0.25) is 11.9 Å². The fourth-order valence-electron chi connectivity index (χ4n) is 3.39. The topological polar surface area (TPSA) is 116 Å². The lowest BCUT2D eigenvalue weighted by atomic mass is 10.1. The number of hydrogen-bond donors (Lipinski definition) is 2. The predicted molar refractivity (Wildman–Crippen MR) is 124 cm³/mol. The summed E-state index contributed by atoms with van der Waals surface area (Å²) < 4.78 is 1.89. The van der Waals surface area contributed by atoms with E-state index in [9.17, 15) is 9.59 Å². The van der Waals surface area contributed by atoms with Crippen LogP contribution in [0, 0.1) is 0 Å². The Balaban J connectivity index is 1.59. The van der Waals surface area contributed by atoms with Crippen molar-refractivity contribution in [2.75, 3.05) is 11.1 Å². The van der Waals surface area contributed by atoms with E-state index in [1.165, 1.54) is 6.20 Å². The first-order valence-corrected chi connectivity index (χ1v) is 10.4. The number of halogens is 1. The van der Waals surface area contributed by atoms with Gasteiger partial charge in [-0.25, -0.2) is 9.97 Å². The molecule has 0 spiro atoms. The molecule has 0 unspecified atom stereocenters. The Kier molecular flexibility index (Phi) is 5.87. The van der Waals surface area contributed by atoms with Gasteiger partial charge in [0.25, 0.3) is 0 Å². The molecule has 3 N–H and O–H groups in total. The average molecular weight is 449 g/mol. The molecule has 1 amide bonds. The quantitative estimate of drug-likeness (QED) is 0.430. The molecule has 0 aliphatic heterocycles. The van der Waals surface area contributed by atoms with Crippen LogP contribution in [-0.2, 0) is 11.2 Å². The maximum absolute atomic E-state index is 13.3. The van der Waals surface area contributed by atoms with Crippen LogP contribution in [0.2, 0.25) is 5.02 Å². The van der Waals surface area contributed by atoms with Gasteiger partial charge in [-0.2, -0.15) is 4.98 Å². The lowest BCUT2D eigenvalue weighted by Crippen LogP contribution is -2.15. The van der Waals surface area contributed by atoms with Gasteiger partial charge in [-0.3, -0.25) is 9.59 Å². The standard InChI is InChI=1S/C23H21ClN6O2/c1-13(2)30-12-18(17-11-27-23(25)29-22(17)30)21(32)15-7-8-26-19(10-15)28-20(31)9-14-3-5-16(24)6-4-14/h3-8,10-13H,9H2,1-2H3,(H2,25,27,29)(H,26,28,31). The number of fused-ring (bicyclic) bond motifs is 1. The highest BCUT2D eigenvalue weighted by molar-refractivity contribution is 6.30. The average Bonchev–Trinajstić information content (AvgIpc) is 3.14. The van der Waals surface area contributed by atoms with Crippen LogP contribution < -0.4 is 11.1 Å². The van der Waals surface area contributed by atoms with Gasteiger partial charge in [-0.1, -0.05) is 23.7 Å². The Bertz CT molecular complexity index is 1310. The Morgan fingerprint density at radius 3 is 2.62 bits per heavy atom. The van der Waals surface area contributed by atoms with Gasteiger partial charge in [-0.15, -0.1) is 0 Å². The predicted octanol–water partition coefficient (Wildman–Crippen LogP) is 4.06. The summed E-state index contributed by atoms with van der Waals surface area (Å²) in [5.74, 6) is -0.0305. The number of hydrogen-bond acceptors (Lipinski definition) is 6. The van der Waals surface area contributed by atoms with Crippen LogP contribution in [-0.4, -0.2) is 31.2 Å². The zero-order valence-corrected chi connectivity index (χ0v) is 18.3. The number of nitrogens with one attached hydrogen (secondary N) is 1. The van der Waals surface area contributed by atoms with E-state index in [0.717, 1.165) is 5.56 Å². The number of carbonyl (C=O) groups is 2. The van der Waals surface area contributed by atoms with Gasteiger partial charge >= 0.3 is 0 Å². The second kappa shape index (κ2) is 8.76. The lowest BCUT2D eigenvalue weighted by molar-refractivity contribution is -0.115. The molecule has 4 rings (SSSR count). The normalized spacial score (nSPS) is 11.1. The van der Waals surface area contributed by atoms with Crippen molar-refractivity contribution in [1.82, 2.24) is 19.5 Å². The SMILES string of the molecule is CC(C)n1cc(C(=O)c2ccnc(NC(=O)Cc3ccc(Cl)cc3)c2)c2cnc(N)nc21. The van der Waals surface area contributed by atoms with E-state index in [4.69, 9.17) is 17.3 Å². The molecule has 0 aliphatic rings. The third-order valence-electron chi connectivity index (χ3n) is 4.96. The third kappa shape index (κ3) is 4.45. The van der Waals surface area contributed by atoms with Gasteiger partial charge in [0, 0.05) is 40.6 Å².